The molecule has 0 saturated carbocycles. The molecule has 0 bridgehead atoms. The fourth-order valence-corrected chi connectivity index (χ4v) is 14.8. The van der Waals surface area contributed by atoms with E-state index in [-0.39, 0.29) is 45.3 Å². The van der Waals surface area contributed by atoms with E-state index in [0.29, 0.717) is 12.8 Å². The van der Waals surface area contributed by atoms with Gasteiger partial charge in [-0.05, 0) is 66.2 Å². The number of ether oxygens (including phenoxy) is 8. The van der Waals surface area contributed by atoms with Gasteiger partial charge in [-0.2, -0.15) is 0 Å². The number of aliphatic hydroxyl groups is 12. The van der Waals surface area contributed by atoms with Crippen molar-refractivity contribution in [1.29, 1.82) is 0 Å². The van der Waals surface area contributed by atoms with Crippen LogP contribution in [0.15, 0.2) is 0 Å². The largest absolute Gasteiger partial charge is 0.477 e. The second-order valence-electron chi connectivity index (χ2n) is 29.5. The van der Waals surface area contributed by atoms with Crippen LogP contribution in [0.5, 0.6) is 0 Å². The van der Waals surface area contributed by atoms with Crippen LogP contribution in [0.1, 0.15) is 100 Å². The number of nitrogens with one attached hydrogen (secondary N) is 9. The van der Waals surface area contributed by atoms with E-state index in [1.807, 2.05) is 0 Å². The summed E-state index contributed by atoms with van der Waals surface area (Å²) in [4.78, 5) is 192. The van der Waals surface area contributed by atoms with Gasteiger partial charge in [-0.1, -0.05) is 0 Å². The van der Waals surface area contributed by atoms with Crippen LogP contribution in [0, 0.1) is 0 Å². The van der Waals surface area contributed by atoms with Crippen LogP contribution in [-0.2, 0) is 105 Å². The minimum Gasteiger partial charge on any atom is -0.477 e. The Morgan fingerprint density at radius 3 is 1.63 bits per heavy atom. The van der Waals surface area contributed by atoms with Crippen LogP contribution in [0.4, 0.5) is 0 Å². The number of carbonyl (C=O) groups is 14. The number of hydrogen-bond donors (Lipinski definition) is 23. The molecule has 0 aromatic carbocycles. The molecule has 7 saturated heterocycles. The lowest BCUT2D eigenvalue weighted by atomic mass is 9.88. The molecular weight excluding hydrogens is 1560 g/mol. The molecule has 7 rings (SSSR count). The molecule has 0 aromatic rings. The normalized spacial score (nSPS) is 33.4. The van der Waals surface area contributed by atoms with Crippen molar-refractivity contribution in [1.82, 2.24) is 62.6 Å². The van der Waals surface area contributed by atoms with E-state index in [2.05, 4.69) is 47.9 Å². The number of aliphatic carboxylic acids is 1. The highest BCUT2D eigenvalue weighted by atomic mass is 16.8. The number of likely N-dealkylation sites (tertiary alicyclic amines) is 3. The zero-order valence-corrected chi connectivity index (χ0v) is 64.8. The Morgan fingerprint density at radius 1 is 0.543 bits per heavy atom. The van der Waals surface area contributed by atoms with Gasteiger partial charge in [0.05, 0.1) is 57.8 Å². The van der Waals surface area contributed by atoms with Gasteiger partial charge < -0.3 is 173 Å². The van der Waals surface area contributed by atoms with E-state index in [1.165, 1.54) is 37.5 Å². The summed E-state index contributed by atoms with van der Waals surface area (Å²) in [5.74, 6) is -17.3. The van der Waals surface area contributed by atoms with Gasteiger partial charge in [-0.15, -0.1) is 0 Å². The van der Waals surface area contributed by atoms with Crippen molar-refractivity contribution in [2.45, 2.75) is 283 Å². The third-order valence-corrected chi connectivity index (χ3v) is 20.8. The Morgan fingerprint density at radius 2 is 1.07 bits per heavy atom. The summed E-state index contributed by atoms with van der Waals surface area (Å²) < 4.78 is 48.2. The summed E-state index contributed by atoms with van der Waals surface area (Å²) in [6.45, 7) is 2.44. The standard InChI is InChI=1S/C68H109N13O35/c1-25(56(69)99)72-59(102)35-13-10-16-80(35)63(106)36-14-11-17-81(36)62(105)27(3)73-60(103)43(78-57(100)33(20-82)77-42(92)19-70-58(101)34-12-9-15-79(34)61(104)26(2)71-29(5)86)28(4)110-65-46(76-32(8)89)53(50(96)41(113-65)24-109-64-45(75-31(7)88)51(97)48(94)39(22-84)111-64)114-66-52(98)55(49(95)40(23-85)112-66)116-68(67(107)108)18-37(90)44(74-30(6)87)54(115-68)47(93)38(91)21-83/h25-28,33-41,43-55,64-66,82-85,90-91,93-98H,9-24H2,1-8H3,(H2,69,99)(H,70,101)(H,71,86)(H,72,102)(H,73,103)(H,74,87)(H,75,88)(H,76,89)(H,77,92)(H,78,100)(H,107,108)/t25?,26?,27?,28?,33?,34?,35?,36?,37-,38-,39?,40?,41?,43?,44-,45+,46+,47-,48-,49+,50+,51?,52+,53?,54?,55?,64-,65+,66+,68+/m1/s1. The molecule has 7 aliphatic heterocycles. The summed E-state index contributed by atoms with van der Waals surface area (Å²) in [6.07, 6.45) is -39.0. The number of carboxylic acids is 1. The van der Waals surface area contributed by atoms with E-state index in [0.717, 1.165) is 32.6 Å². The van der Waals surface area contributed by atoms with Crippen LogP contribution < -0.4 is 53.6 Å². The maximum Gasteiger partial charge on any atom is 0.364 e. The van der Waals surface area contributed by atoms with E-state index >= 15 is 4.79 Å². The Kier molecular flexibility index (Phi) is 34.3. The maximum absolute atomic E-state index is 15.2. The van der Waals surface area contributed by atoms with Crippen molar-refractivity contribution in [2.24, 2.45) is 5.73 Å². The van der Waals surface area contributed by atoms with Crippen molar-refractivity contribution in [3.05, 3.63) is 0 Å². The van der Waals surface area contributed by atoms with Crippen LogP contribution in [0.2, 0.25) is 0 Å². The number of carboxylic acid groups (broad SMARTS) is 1. The van der Waals surface area contributed by atoms with E-state index in [9.17, 15) is 129 Å². The first-order chi connectivity index (χ1) is 54.5. The lowest BCUT2D eigenvalue weighted by Gasteiger charge is -2.51. The van der Waals surface area contributed by atoms with Gasteiger partial charge >= 0.3 is 5.97 Å². The molecule has 7 fully saturated rings. The lowest BCUT2D eigenvalue weighted by molar-refractivity contribution is -0.382. The van der Waals surface area contributed by atoms with Crippen molar-refractivity contribution < 1.29 is 171 Å². The fourth-order valence-electron chi connectivity index (χ4n) is 14.8. The number of nitrogens with zero attached hydrogens (tertiary/aromatic N) is 3. The molecule has 16 unspecified atom stereocenters. The molecule has 7 heterocycles. The third kappa shape index (κ3) is 23.0. The summed E-state index contributed by atoms with van der Waals surface area (Å²) in [6, 6.07) is -17.1. The summed E-state index contributed by atoms with van der Waals surface area (Å²) in [5, 5.41) is 165. The zero-order chi connectivity index (χ0) is 86.4. The maximum atomic E-state index is 15.2. The average Bonchev–Trinajstić information content (AvgIpc) is 1.06. The van der Waals surface area contributed by atoms with Crippen molar-refractivity contribution in [3.63, 3.8) is 0 Å². The first-order valence-electron chi connectivity index (χ1n) is 37.7. The molecule has 48 heteroatoms. The summed E-state index contributed by atoms with van der Waals surface area (Å²) in [5.41, 5.74) is 5.37. The third-order valence-electron chi connectivity index (χ3n) is 20.8. The summed E-state index contributed by atoms with van der Waals surface area (Å²) in [7, 11) is 0. The Labute approximate surface area is 662 Å². The number of hydrogen-bond acceptors (Lipinski definition) is 34. The van der Waals surface area contributed by atoms with Crippen molar-refractivity contribution in [2.75, 3.05) is 59.2 Å². The molecule has 116 heavy (non-hydrogen) atoms. The van der Waals surface area contributed by atoms with Crippen LogP contribution >= 0.6 is 0 Å². The van der Waals surface area contributed by atoms with E-state index in [4.69, 9.17) is 43.6 Å². The molecule has 0 aliphatic carbocycles. The van der Waals surface area contributed by atoms with Crippen LogP contribution in [0.25, 0.3) is 0 Å². The van der Waals surface area contributed by atoms with Gasteiger partial charge in [-0.25, -0.2) is 4.79 Å². The Balaban J connectivity index is 1.26. The molecule has 0 aromatic heterocycles. The van der Waals surface area contributed by atoms with Gasteiger partial charge in [0.25, 0.3) is 5.79 Å². The topological polar surface area (TPSA) is 720 Å². The average molecular weight is 1670 g/mol. The number of carbonyl (C=O) groups excluding carboxylic acids is 13. The van der Waals surface area contributed by atoms with Gasteiger partial charge in [0.15, 0.2) is 18.9 Å². The summed E-state index contributed by atoms with van der Waals surface area (Å²) >= 11 is 0. The monoisotopic (exact) mass is 1670 g/mol. The quantitative estimate of drug-likeness (QED) is 0.0280. The zero-order valence-electron chi connectivity index (χ0n) is 64.8. The molecule has 0 spiro atoms. The highest BCUT2D eigenvalue weighted by molar-refractivity contribution is 5.98. The SMILES string of the molecule is CC(=O)NC(C)C(=O)N1CCCC1C(=O)NCC(=O)NC(CO)C(=O)NC(C(=O)NC(C)C(=O)N1CCCC1C(=O)N1CCCC1C(=O)NC(C)C(N)=O)C(C)O[C@H]1OC(CO[C@@H]2OC(CO)[C@@H](O)C(O)[C@@H]2NC(C)=O)[C@H](O)C(O[C@@H]2OC(CO)[C@H](O)C(O[C@]3(C(=O)O)C[C@@H](O)[C@@H](NC(C)=O)C([C@H](O)[C@H](O)CO)O3)[C@@H]2O)[C@@H]1NC(C)=O. The van der Waals surface area contributed by atoms with E-state index in [1.54, 1.807) is 0 Å². The first kappa shape index (κ1) is 94.9. The number of rotatable bonds is 35. The van der Waals surface area contributed by atoms with Crippen LogP contribution in [0.3, 0.4) is 0 Å². The number of aliphatic hydroxyl groups excluding tert-OH is 12. The number of nitrogens with two attached hydrogens (primary N) is 1. The molecule has 48 nitrogen and oxygen atoms in total. The minimum atomic E-state index is -3.35. The fraction of sp³-hybridized carbons (Fsp3) is 0.794. The van der Waals surface area contributed by atoms with E-state index < -0.39 is 311 Å². The molecule has 24 N–H and O–H groups in total. The molecule has 0 radical (unpaired) electrons. The van der Waals surface area contributed by atoms with Gasteiger partial charge in [0.1, 0.15) is 140 Å². The van der Waals surface area contributed by atoms with Crippen molar-refractivity contribution in [3.8, 4) is 0 Å². The molecule has 7 aliphatic rings. The van der Waals surface area contributed by atoms with Crippen molar-refractivity contribution >= 4 is 82.8 Å². The minimum absolute atomic E-state index is 0.0659. The number of amides is 13. The highest BCUT2D eigenvalue weighted by Gasteiger charge is 2.61. The second kappa shape index (κ2) is 41.9. The Hall–Kier alpha value is -8.22. The second-order valence-corrected chi connectivity index (χ2v) is 29.5. The molecular formula is C68H109N13O35. The van der Waals surface area contributed by atoms with Gasteiger partial charge in [-0.3, -0.25) is 62.3 Å². The predicted molar refractivity (Wildman–Crippen MR) is 380 cm³/mol. The van der Waals surface area contributed by atoms with Crippen LogP contribution in [-0.4, -0.2) is 406 Å². The Bertz CT molecular complexity index is 3500. The van der Waals surface area contributed by atoms with Gasteiger partial charge in [0.2, 0.25) is 76.8 Å². The smallest absolute Gasteiger partial charge is 0.364 e. The highest BCUT2D eigenvalue weighted by Crippen LogP contribution is 2.40. The van der Waals surface area contributed by atoms with Gasteiger partial charge in [0, 0.05) is 53.8 Å². The predicted octanol–water partition coefficient (Wildman–Crippen LogP) is -14.6. The molecule has 656 valence electrons. The number of primary amides is 1. The molecule has 30 atom stereocenters. The lowest BCUT2D eigenvalue weighted by Crippen LogP contribution is -2.71. The molecule has 13 amide bonds. The first-order valence-corrected chi connectivity index (χ1v) is 37.7.